The summed E-state index contributed by atoms with van der Waals surface area (Å²) in [7, 11) is 0. The fraction of sp³-hybridized carbons (Fsp3) is 0.533. The van der Waals surface area contributed by atoms with Crippen LogP contribution in [0.3, 0.4) is 0 Å². The third-order valence-electron chi connectivity index (χ3n) is 3.61. The largest absolute Gasteiger partial charge is 0.504 e. The van der Waals surface area contributed by atoms with Gasteiger partial charge in [-0.25, -0.2) is 0 Å². The van der Waals surface area contributed by atoms with Crippen LogP contribution in [0.2, 0.25) is 0 Å². The van der Waals surface area contributed by atoms with E-state index in [-0.39, 0.29) is 5.75 Å². The van der Waals surface area contributed by atoms with Crippen LogP contribution in [0.15, 0.2) is 18.2 Å². The van der Waals surface area contributed by atoms with Gasteiger partial charge in [0.25, 0.3) is 0 Å². The first-order valence-electron chi connectivity index (χ1n) is 7.13. The van der Waals surface area contributed by atoms with Gasteiger partial charge in [-0.2, -0.15) is 0 Å². The Morgan fingerprint density at radius 2 is 1.95 bits per heavy atom. The molecule has 0 saturated carbocycles. The van der Waals surface area contributed by atoms with E-state index in [2.05, 4.69) is 16.7 Å². The molecule has 0 spiro atoms. The summed E-state index contributed by atoms with van der Waals surface area (Å²) in [5.74, 6) is 0.661. The fourth-order valence-corrected chi connectivity index (χ4v) is 2.68. The third kappa shape index (κ3) is 3.41. The second-order valence-electron chi connectivity index (χ2n) is 4.84. The van der Waals surface area contributed by atoms with Crippen molar-refractivity contribution in [1.29, 1.82) is 0 Å². The smallest absolute Gasteiger partial charge is 0.161 e. The molecule has 0 aliphatic carbocycles. The number of nitrogens with zero attached hydrogens (tertiary/aromatic N) is 2. The molecule has 110 valence electrons. The van der Waals surface area contributed by atoms with Gasteiger partial charge in [-0.15, -0.1) is 0 Å². The van der Waals surface area contributed by atoms with Crippen molar-refractivity contribution in [3.8, 4) is 11.5 Å². The van der Waals surface area contributed by atoms with Gasteiger partial charge in [0.1, 0.15) is 4.99 Å². The minimum atomic E-state index is 0.161. The molecule has 0 radical (unpaired) electrons. The highest BCUT2D eigenvalue weighted by molar-refractivity contribution is 7.80. The molecule has 5 heteroatoms. The Hall–Kier alpha value is -1.33. The van der Waals surface area contributed by atoms with E-state index < -0.39 is 0 Å². The summed E-state index contributed by atoms with van der Waals surface area (Å²) in [6.45, 7) is 9.71. The SMILES string of the molecule is CCOc1cc(C(=S)N2CCN(CC)CC2)ccc1O. The molecule has 1 aromatic carbocycles. The lowest BCUT2D eigenvalue weighted by Gasteiger charge is -2.35. The average Bonchev–Trinajstić information content (AvgIpc) is 2.49. The molecule has 1 aliphatic rings. The van der Waals surface area contributed by atoms with Gasteiger partial charge in [-0.3, -0.25) is 0 Å². The highest BCUT2D eigenvalue weighted by atomic mass is 32.1. The Morgan fingerprint density at radius 1 is 1.25 bits per heavy atom. The minimum absolute atomic E-state index is 0.161. The van der Waals surface area contributed by atoms with Gasteiger partial charge in [0.15, 0.2) is 11.5 Å². The molecular formula is C15H22N2O2S. The van der Waals surface area contributed by atoms with Crippen LogP contribution < -0.4 is 4.74 Å². The summed E-state index contributed by atoms with van der Waals surface area (Å²) in [4.78, 5) is 5.48. The first-order chi connectivity index (χ1) is 9.65. The maximum atomic E-state index is 9.74. The molecule has 0 unspecified atom stereocenters. The van der Waals surface area contributed by atoms with E-state index in [4.69, 9.17) is 17.0 Å². The summed E-state index contributed by atoms with van der Waals surface area (Å²) in [5, 5.41) is 9.74. The van der Waals surface area contributed by atoms with Crippen molar-refractivity contribution in [2.45, 2.75) is 13.8 Å². The standard InChI is InChI=1S/C15H22N2O2S/c1-3-16-7-9-17(10-8-16)15(20)12-5-6-13(18)14(11-12)19-4-2/h5-6,11,18H,3-4,7-10H2,1-2H3. The van der Waals surface area contributed by atoms with Gasteiger partial charge >= 0.3 is 0 Å². The lowest BCUT2D eigenvalue weighted by atomic mass is 10.1. The van der Waals surface area contributed by atoms with Gasteiger partial charge in [-0.1, -0.05) is 19.1 Å². The zero-order chi connectivity index (χ0) is 14.5. The van der Waals surface area contributed by atoms with Crippen molar-refractivity contribution < 1.29 is 9.84 Å². The highest BCUT2D eigenvalue weighted by Crippen LogP contribution is 2.27. The first kappa shape index (κ1) is 15.1. The molecule has 4 nitrogen and oxygen atoms in total. The predicted molar refractivity (Wildman–Crippen MR) is 84.7 cm³/mol. The average molecular weight is 294 g/mol. The Kier molecular flexibility index (Phi) is 5.20. The van der Waals surface area contributed by atoms with Gasteiger partial charge in [0.2, 0.25) is 0 Å². The zero-order valence-corrected chi connectivity index (χ0v) is 12.9. The first-order valence-corrected chi connectivity index (χ1v) is 7.54. The van der Waals surface area contributed by atoms with E-state index in [9.17, 15) is 5.11 Å². The number of phenolic OH excluding ortho intramolecular Hbond substituents is 1. The highest BCUT2D eigenvalue weighted by Gasteiger charge is 2.19. The molecule has 1 saturated heterocycles. The number of aromatic hydroxyl groups is 1. The number of benzene rings is 1. The van der Waals surface area contributed by atoms with E-state index in [0.717, 1.165) is 43.3 Å². The quantitative estimate of drug-likeness (QED) is 0.861. The summed E-state index contributed by atoms with van der Waals surface area (Å²) >= 11 is 5.57. The summed E-state index contributed by atoms with van der Waals surface area (Å²) < 4.78 is 5.41. The molecule has 0 amide bonds. The molecule has 1 heterocycles. The van der Waals surface area contributed by atoms with Crippen molar-refractivity contribution in [3.63, 3.8) is 0 Å². The summed E-state index contributed by atoms with van der Waals surface area (Å²) in [6.07, 6.45) is 0. The lowest BCUT2D eigenvalue weighted by Crippen LogP contribution is -2.48. The van der Waals surface area contributed by atoms with Crippen molar-refractivity contribution in [2.24, 2.45) is 0 Å². The Bertz CT molecular complexity index is 471. The molecular weight excluding hydrogens is 272 g/mol. The zero-order valence-electron chi connectivity index (χ0n) is 12.1. The van der Waals surface area contributed by atoms with Crippen LogP contribution in [0.5, 0.6) is 11.5 Å². The second kappa shape index (κ2) is 6.90. The maximum Gasteiger partial charge on any atom is 0.161 e. The molecule has 20 heavy (non-hydrogen) atoms. The Labute approximate surface area is 125 Å². The van der Waals surface area contributed by atoms with Crippen molar-refractivity contribution >= 4 is 17.2 Å². The van der Waals surface area contributed by atoms with Crippen molar-refractivity contribution in [3.05, 3.63) is 23.8 Å². The van der Waals surface area contributed by atoms with E-state index >= 15 is 0 Å². The molecule has 2 rings (SSSR count). The Morgan fingerprint density at radius 3 is 2.55 bits per heavy atom. The van der Waals surface area contributed by atoms with Gasteiger partial charge in [-0.05, 0) is 31.7 Å². The van der Waals surface area contributed by atoms with E-state index in [1.165, 1.54) is 0 Å². The van der Waals surface area contributed by atoms with Crippen LogP contribution in [0.4, 0.5) is 0 Å². The van der Waals surface area contributed by atoms with Crippen LogP contribution in [-0.2, 0) is 0 Å². The molecule has 1 aliphatic heterocycles. The van der Waals surface area contributed by atoms with Gasteiger partial charge in [0, 0.05) is 31.7 Å². The van der Waals surface area contributed by atoms with Crippen LogP contribution in [0.25, 0.3) is 0 Å². The number of hydrogen-bond acceptors (Lipinski definition) is 4. The molecule has 0 bridgehead atoms. The second-order valence-corrected chi connectivity index (χ2v) is 5.23. The molecule has 0 aromatic heterocycles. The number of thiocarbonyl (C=S) groups is 1. The van der Waals surface area contributed by atoms with E-state index in [0.29, 0.717) is 12.4 Å². The minimum Gasteiger partial charge on any atom is -0.504 e. The molecule has 1 fully saturated rings. The van der Waals surface area contributed by atoms with Crippen LogP contribution in [-0.4, -0.2) is 59.2 Å². The van der Waals surface area contributed by atoms with Crippen molar-refractivity contribution in [2.75, 3.05) is 39.3 Å². The van der Waals surface area contributed by atoms with Crippen LogP contribution >= 0.6 is 12.2 Å². The predicted octanol–water partition coefficient (Wildman–Crippen LogP) is 2.10. The lowest BCUT2D eigenvalue weighted by molar-refractivity contribution is 0.192. The molecule has 1 N–H and O–H groups in total. The van der Waals surface area contributed by atoms with E-state index in [1.807, 2.05) is 19.1 Å². The van der Waals surface area contributed by atoms with Gasteiger partial charge < -0.3 is 19.6 Å². The Balaban J connectivity index is 2.07. The molecule has 1 aromatic rings. The van der Waals surface area contributed by atoms with Crippen molar-refractivity contribution in [1.82, 2.24) is 9.80 Å². The number of ether oxygens (including phenoxy) is 1. The monoisotopic (exact) mass is 294 g/mol. The number of hydrogen-bond donors (Lipinski definition) is 1. The number of likely N-dealkylation sites (N-methyl/N-ethyl adjacent to an activating group) is 1. The number of rotatable bonds is 4. The van der Waals surface area contributed by atoms with Gasteiger partial charge in [0.05, 0.1) is 6.61 Å². The van der Waals surface area contributed by atoms with Crippen LogP contribution in [0, 0.1) is 0 Å². The summed E-state index contributed by atoms with van der Waals surface area (Å²) in [5.41, 5.74) is 0.936. The fourth-order valence-electron chi connectivity index (χ4n) is 2.37. The number of phenols is 1. The third-order valence-corrected chi connectivity index (χ3v) is 4.11. The molecule has 0 atom stereocenters. The summed E-state index contributed by atoms with van der Waals surface area (Å²) in [6, 6.07) is 5.33. The van der Waals surface area contributed by atoms with Crippen LogP contribution in [0.1, 0.15) is 19.4 Å². The van der Waals surface area contributed by atoms with E-state index in [1.54, 1.807) is 6.07 Å². The topological polar surface area (TPSA) is 35.9 Å². The maximum absolute atomic E-state index is 9.74. The number of piperazine rings is 1. The normalized spacial score (nSPS) is 16.2.